The van der Waals surface area contributed by atoms with Crippen molar-refractivity contribution in [2.24, 2.45) is 5.92 Å². The lowest BCUT2D eigenvalue weighted by molar-refractivity contribution is -0.138. The Kier molecular flexibility index (Phi) is 10.4. The highest BCUT2D eigenvalue weighted by Gasteiger charge is 2.40. The molecule has 2 N–H and O–H groups in total. The van der Waals surface area contributed by atoms with E-state index in [9.17, 15) is 9.59 Å². The van der Waals surface area contributed by atoms with E-state index in [0.29, 0.717) is 56.7 Å². The number of nitrogens with one attached hydrogen (secondary N) is 2. The summed E-state index contributed by atoms with van der Waals surface area (Å²) in [6, 6.07) is 17.2. The molecule has 1 saturated heterocycles. The summed E-state index contributed by atoms with van der Waals surface area (Å²) >= 11 is 24.7. The van der Waals surface area contributed by atoms with Gasteiger partial charge in [-0.2, -0.15) is 0 Å². The molecule has 1 saturated carbocycles. The number of piperidine rings is 1. The molecule has 2 atom stereocenters. The number of amides is 2. The zero-order chi connectivity index (χ0) is 29.6. The smallest absolute Gasteiger partial charge is 0.251 e. The maximum absolute atomic E-state index is 13.8. The van der Waals surface area contributed by atoms with Gasteiger partial charge in [0.25, 0.3) is 5.91 Å². The third-order valence-electron chi connectivity index (χ3n) is 7.38. The van der Waals surface area contributed by atoms with E-state index in [2.05, 4.69) is 10.6 Å². The van der Waals surface area contributed by atoms with Crippen molar-refractivity contribution in [3.8, 4) is 11.5 Å². The number of benzene rings is 3. The summed E-state index contributed by atoms with van der Waals surface area (Å²) in [6.07, 6.45) is 2.57. The topological polar surface area (TPSA) is 79.9 Å². The number of hydrogen-bond acceptors (Lipinski definition) is 5. The molecule has 0 radical (unpaired) electrons. The Morgan fingerprint density at radius 1 is 0.881 bits per heavy atom. The Bertz CT molecular complexity index is 1400. The van der Waals surface area contributed by atoms with Crippen LogP contribution in [-0.2, 0) is 11.3 Å². The maximum Gasteiger partial charge on any atom is 0.251 e. The minimum Gasteiger partial charge on any atom is -0.490 e. The van der Waals surface area contributed by atoms with E-state index in [1.807, 2.05) is 11.0 Å². The average Bonchev–Trinajstić information content (AvgIpc) is 3.82. The van der Waals surface area contributed by atoms with E-state index >= 15 is 0 Å². The van der Waals surface area contributed by atoms with Crippen molar-refractivity contribution in [2.75, 3.05) is 26.3 Å². The van der Waals surface area contributed by atoms with E-state index in [1.54, 1.807) is 54.6 Å². The summed E-state index contributed by atoms with van der Waals surface area (Å²) in [5.74, 6) is 0.409. The first kappa shape index (κ1) is 30.8. The molecule has 1 heterocycles. The van der Waals surface area contributed by atoms with Gasteiger partial charge in [0.1, 0.15) is 19.0 Å². The Balaban J connectivity index is 1.16. The van der Waals surface area contributed by atoms with Crippen LogP contribution in [0.2, 0.25) is 20.1 Å². The minimum atomic E-state index is -0.386. The molecule has 1 aliphatic heterocycles. The van der Waals surface area contributed by atoms with Gasteiger partial charge in [-0.3, -0.25) is 9.59 Å². The van der Waals surface area contributed by atoms with Gasteiger partial charge in [0, 0.05) is 40.8 Å². The molecule has 7 nitrogen and oxygen atoms in total. The molecule has 3 aromatic carbocycles. The molecule has 2 amide bonds. The first-order valence-electron chi connectivity index (χ1n) is 13.9. The zero-order valence-corrected chi connectivity index (χ0v) is 25.8. The number of rotatable bonds is 11. The molecule has 11 heteroatoms. The Morgan fingerprint density at radius 3 is 2.29 bits per heavy atom. The highest BCUT2D eigenvalue weighted by molar-refractivity contribution is 6.37. The van der Waals surface area contributed by atoms with Gasteiger partial charge in [0.15, 0.2) is 5.75 Å². The SMILES string of the molecule is O=C(NC1CCNCC1C(=O)N(Cc1ccc(Cl)cc1Cl)C1CC1)c1ccc(OCCOc2c(Cl)cccc2Cl)cc1. The third kappa shape index (κ3) is 7.82. The van der Waals surface area contributed by atoms with Gasteiger partial charge in [-0.15, -0.1) is 0 Å². The number of carbonyl (C=O) groups is 2. The van der Waals surface area contributed by atoms with Crippen LogP contribution in [0.4, 0.5) is 0 Å². The Labute approximate surface area is 265 Å². The van der Waals surface area contributed by atoms with Crippen molar-refractivity contribution in [2.45, 2.75) is 37.9 Å². The number of hydrogen-bond donors (Lipinski definition) is 2. The fraction of sp³-hybridized carbons (Fsp3) is 0.355. The molecule has 2 unspecified atom stereocenters. The normalized spacial score (nSPS) is 18.3. The van der Waals surface area contributed by atoms with Gasteiger partial charge >= 0.3 is 0 Å². The van der Waals surface area contributed by atoms with Crippen LogP contribution in [0.5, 0.6) is 11.5 Å². The summed E-state index contributed by atoms with van der Waals surface area (Å²) < 4.78 is 11.4. The predicted octanol–water partition coefficient (Wildman–Crippen LogP) is 6.66. The largest absolute Gasteiger partial charge is 0.490 e. The average molecular weight is 651 g/mol. The van der Waals surface area contributed by atoms with Gasteiger partial charge in [-0.25, -0.2) is 0 Å². The molecular formula is C31H31Cl4N3O4. The summed E-state index contributed by atoms with van der Waals surface area (Å²) in [4.78, 5) is 28.9. The second-order valence-electron chi connectivity index (χ2n) is 10.4. The Hall–Kier alpha value is -2.68. The van der Waals surface area contributed by atoms with E-state index < -0.39 is 0 Å². The zero-order valence-electron chi connectivity index (χ0n) is 22.8. The minimum absolute atomic E-state index is 0.0186. The summed E-state index contributed by atoms with van der Waals surface area (Å²) in [6.45, 7) is 2.14. The van der Waals surface area contributed by atoms with Crippen LogP contribution >= 0.6 is 46.4 Å². The number of halogens is 4. The van der Waals surface area contributed by atoms with Crippen LogP contribution < -0.4 is 20.1 Å². The summed E-state index contributed by atoms with van der Waals surface area (Å²) in [5, 5.41) is 8.39. The monoisotopic (exact) mass is 649 g/mol. The third-order valence-corrected chi connectivity index (χ3v) is 8.56. The molecule has 2 aliphatic rings. The van der Waals surface area contributed by atoms with Crippen molar-refractivity contribution in [1.82, 2.24) is 15.5 Å². The van der Waals surface area contributed by atoms with Crippen LogP contribution in [0.3, 0.4) is 0 Å². The summed E-state index contributed by atoms with van der Waals surface area (Å²) in [5.41, 5.74) is 1.34. The van der Waals surface area contributed by atoms with Crippen LogP contribution in [0.15, 0.2) is 60.7 Å². The molecule has 5 rings (SSSR count). The summed E-state index contributed by atoms with van der Waals surface area (Å²) in [7, 11) is 0. The van der Waals surface area contributed by atoms with Crippen LogP contribution in [0.25, 0.3) is 0 Å². The van der Waals surface area contributed by atoms with Crippen molar-refractivity contribution >= 4 is 58.2 Å². The lowest BCUT2D eigenvalue weighted by Gasteiger charge is -2.36. The van der Waals surface area contributed by atoms with Gasteiger partial charge in [0.05, 0.1) is 16.0 Å². The van der Waals surface area contributed by atoms with Crippen LogP contribution in [0, 0.1) is 5.92 Å². The lowest BCUT2D eigenvalue weighted by Crippen LogP contribution is -2.55. The molecule has 0 spiro atoms. The first-order chi connectivity index (χ1) is 20.3. The molecular weight excluding hydrogens is 620 g/mol. The van der Waals surface area contributed by atoms with Gasteiger partial charge in [-0.05, 0) is 79.9 Å². The van der Waals surface area contributed by atoms with Crippen molar-refractivity contribution in [3.05, 3.63) is 91.9 Å². The molecule has 222 valence electrons. The number of carbonyl (C=O) groups excluding carboxylic acids is 2. The fourth-order valence-corrected chi connectivity index (χ4v) is 5.96. The second kappa shape index (κ2) is 14.2. The van der Waals surface area contributed by atoms with Crippen molar-refractivity contribution in [1.29, 1.82) is 0 Å². The molecule has 42 heavy (non-hydrogen) atoms. The van der Waals surface area contributed by atoms with Crippen LogP contribution in [0.1, 0.15) is 35.2 Å². The number of nitrogens with zero attached hydrogens (tertiary/aromatic N) is 1. The fourth-order valence-electron chi connectivity index (χ4n) is 4.99. The van der Waals surface area contributed by atoms with E-state index in [0.717, 1.165) is 24.9 Å². The van der Waals surface area contributed by atoms with Crippen molar-refractivity contribution < 1.29 is 19.1 Å². The molecule has 0 aromatic heterocycles. The molecule has 1 aliphatic carbocycles. The molecule has 2 fully saturated rings. The van der Waals surface area contributed by atoms with Gasteiger partial charge < -0.3 is 25.0 Å². The van der Waals surface area contributed by atoms with Crippen LogP contribution in [-0.4, -0.2) is 55.1 Å². The Morgan fingerprint density at radius 2 is 1.60 bits per heavy atom. The highest BCUT2D eigenvalue weighted by Crippen LogP contribution is 2.34. The van der Waals surface area contributed by atoms with Gasteiger partial charge in [0.2, 0.25) is 5.91 Å². The van der Waals surface area contributed by atoms with E-state index in [-0.39, 0.29) is 43.0 Å². The lowest BCUT2D eigenvalue weighted by atomic mass is 9.91. The highest BCUT2D eigenvalue weighted by atomic mass is 35.5. The standard InChI is InChI=1S/C31H31Cl4N3O4/c32-21-7-4-20(27(35)16-21)18-38(22-8-9-22)31(40)24-17-36-13-12-28(24)37-30(39)19-5-10-23(11-6-19)41-14-15-42-29-25(33)2-1-3-26(29)34/h1-7,10-11,16,22,24,28,36H,8-9,12-15,17-18H2,(H,37,39). The second-order valence-corrected chi connectivity index (χ2v) is 12.0. The number of para-hydroxylation sites is 1. The predicted molar refractivity (Wildman–Crippen MR) is 166 cm³/mol. The molecule has 0 bridgehead atoms. The quantitative estimate of drug-likeness (QED) is 0.227. The maximum atomic E-state index is 13.8. The van der Waals surface area contributed by atoms with E-state index in [4.69, 9.17) is 55.9 Å². The molecule has 3 aromatic rings. The van der Waals surface area contributed by atoms with E-state index in [1.165, 1.54) is 0 Å². The van der Waals surface area contributed by atoms with Crippen molar-refractivity contribution in [3.63, 3.8) is 0 Å². The first-order valence-corrected chi connectivity index (χ1v) is 15.4. The number of ether oxygens (including phenoxy) is 2. The van der Waals surface area contributed by atoms with Gasteiger partial charge in [-0.1, -0.05) is 58.5 Å².